The van der Waals surface area contributed by atoms with E-state index in [9.17, 15) is 10.1 Å². The number of benzene rings is 2. The van der Waals surface area contributed by atoms with Gasteiger partial charge in [0.05, 0.1) is 8.49 Å². The second kappa shape index (κ2) is 5.75. The lowest BCUT2D eigenvalue weighted by Gasteiger charge is -2.10. The van der Waals surface area contributed by atoms with Crippen molar-refractivity contribution in [1.29, 1.82) is 0 Å². The third-order valence-corrected chi connectivity index (χ3v) is 3.71. The first kappa shape index (κ1) is 14.1. The van der Waals surface area contributed by atoms with Gasteiger partial charge in [0.1, 0.15) is 0 Å². The number of halogens is 2. The van der Waals surface area contributed by atoms with E-state index in [2.05, 4.69) is 5.32 Å². The molecule has 0 unspecified atom stereocenters. The van der Waals surface area contributed by atoms with Crippen molar-refractivity contribution >= 4 is 51.3 Å². The van der Waals surface area contributed by atoms with E-state index in [4.69, 9.17) is 11.6 Å². The van der Waals surface area contributed by atoms with Crippen molar-refractivity contribution in [3.8, 4) is 0 Å². The quantitative estimate of drug-likeness (QED) is 0.462. The fourth-order valence-electron chi connectivity index (χ4n) is 1.66. The number of hydrogen-bond acceptors (Lipinski definition) is 3. The van der Waals surface area contributed by atoms with Gasteiger partial charge in [-0.3, -0.25) is 10.1 Å². The van der Waals surface area contributed by atoms with Gasteiger partial charge in [0.25, 0.3) is 5.69 Å². The Kier molecular flexibility index (Phi) is 4.26. The third kappa shape index (κ3) is 3.36. The van der Waals surface area contributed by atoms with E-state index in [1.54, 1.807) is 18.2 Å². The number of nitrogens with zero attached hydrogens (tertiary/aromatic N) is 1. The molecule has 0 heterocycles. The number of nitrogens with one attached hydrogen (secondary N) is 1. The maximum absolute atomic E-state index is 10.7. The minimum absolute atomic E-state index is 0.110. The molecule has 0 saturated carbocycles. The van der Waals surface area contributed by atoms with Crippen molar-refractivity contribution in [2.45, 2.75) is 6.92 Å². The zero-order chi connectivity index (χ0) is 14.0. The molecule has 0 atom stereocenters. The van der Waals surface area contributed by atoms with Crippen LogP contribution in [0.2, 0.25) is 5.02 Å². The first-order chi connectivity index (χ1) is 8.97. The van der Waals surface area contributed by atoms with Crippen LogP contribution >= 0.6 is 34.2 Å². The molecule has 2 aromatic rings. The summed E-state index contributed by atoms with van der Waals surface area (Å²) in [5.74, 6) is 0. The fourth-order valence-corrected chi connectivity index (χ4v) is 2.59. The van der Waals surface area contributed by atoms with Crippen molar-refractivity contribution in [2.75, 3.05) is 5.32 Å². The Bertz CT molecular complexity index is 647. The molecule has 2 aromatic carbocycles. The molecule has 2 rings (SSSR count). The van der Waals surface area contributed by atoms with Gasteiger partial charge in [-0.2, -0.15) is 0 Å². The van der Waals surface area contributed by atoms with Crippen molar-refractivity contribution in [3.63, 3.8) is 0 Å². The standard InChI is InChI=1S/C13H10ClIN2O2/c1-8-6-9(14)2-4-12(8)16-10-3-5-13(17(18)19)11(15)7-10/h2-7,16H,1H3. The minimum Gasteiger partial charge on any atom is -0.355 e. The van der Waals surface area contributed by atoms with Crippen LogP contribution in [0.4, 0.5) is 17.1 Å². The Hall–Kier alpha value is -1.34. The van der Waals surface area contributed by atoms with Gasteiger partial charge in [0.15, 0.2) is 0 Å². The van der Waals surface area contributed by atoms with Gasteiger partial charge < -0.3 is 5.32 Å². The highest BCUT2D eigenvalue weighted by atomic mass is 127. The van der Waals surface area contributed by atoms with Crippen LogP contribution in [-0.2, 0) is 0 Å². The van der Waals surface area contributed by atoms with Crippen molar-refractivity contribution < 1.29 is 4.92 Å². The topological polar surface area (TPSA) is 55.2 Å². The lowest BCUT2D eigenvalue weighted by molar-refractivity contribution is -0.385. The molecule has 0 fully saturated rings. The second-order valence-electron chi connectivity index (χ2n) is 4.01. The smallest absolute Gasteiger partial charge is 0.282 e. The summed E-state index contributed by atoms with van der Waals surface area (Å²) >= 11 is 7.85. The van der Waals surface area contributed by atoms with Gasteiger partial charge in [0, 0.05) is 22.5 Å². The van der Waals surface area contributed by atoms with Crippen molar-refractivity contribution in [2.24, 2.45) is 0 Å². The van der Waals surface area contributed by atoms with E-state index < -0.39 is 0 Å². The van der Waals surface area contributed by atoms with E-state index in [1.807, 2.05) is 41.6 Å². The predicted octanol–water partition coefficient (Wildman–Crippen LogP) is 4.90. The third-order valence-electron chi connectivity index (χ3n) is 2.61. The summed E-state index contributed by atoms with van der Waals surface area (Å²) in [6, 6.07) is 10.5. The molecule has 98 valence electrons. The first-order valence-electron chi connectivity index (χ1n) is 5.44. The van der Waals surface area contributed by atoms with E-state index in [0.717, 1.165) is 16.9 Å². The molecule has 0 spiro atoms. The summed E-state index contributed by atoms with van der Waals surface area (Å²) in [6.07, 6.45) is 0. The number of nitro benzene ring substituents is 1. The highest BCUT2D eigenvalue weighted by molar-refractivity contribution is 14.1. The normalized spacial score (nSPS) is 10.3. The van der Waals surface area contributed by atoms with Crippen LogP contribution in [0.25, 0.3) is 0 Å². The number of aryl methyl sites for hydroxylation is 1. The molecule has 6 heteroatoms. The summed E-state index contributed by atoms with van der Waals surface area (Å²) in [5.41, 5.74) is 2.86. The fraction of sp³-hybridized carbons (Fsp3) is 0.0769. The summed E-state index contributed by atoms with van der Waals surface area (Å²) in [4.78, 5) is 10.4. The van der Waals surface area contributed by atoms with Gasteiger partial charge >= 0.3 is 0 Å². The lowest BCUT2D eigenvalue weighted by atomic mass is 10.2. The van der Waals surface area contributed by atoms with E-state index >= 15 is 0 Å². The van der Waals surface area contributed by atoms with Crippen LogP contribution < -0.4 is 5.32 Å². The van der Waals surface area contributed by atoms with Crippen LogP contribution in [-0.4, -0.2) is 4.92 Å². The molecular weight excluding hydrogens is 379 g/mol. The largest absolute Gasteiger partial charge is 0.355 e. The zero-order valence-electron chi connectivity index (χ0n) is 9.98. The van der Waals surface area contributed by atoms with Crippen LogP contribution in [0.1, 0.15) is 5.56 Å². The summed E-state index contributed by atoms with van der Waals surface area (Å²) in [5, 5.41) is 14.7. The second-order valence-corrected chi connectivity index (χ2v) is 5.61. The molecule has 0 aromatic heterocycles. The van der Waals surface area contributed by atoms with E-state index in [0.29, 0.717) is 8.59 Å². The zero-order valence-corrected chi connectivity index (χ0v) is 12.9. The Labute approximate surface area is 129 Å². The Morgan fingerprint density at radius 3 is 2.58 bits per heavy atom. The molecule has 0 saturated heterocycles. The molecule has 0 bridgehead atoms. The molecule has 4 nitrogen and oxygen atoms in total. The number of anilines is 2. The molecule has 0 amide bonds. The predicted molar refractivity (Wildman–Crippen MR) is 85.3 cm³/mol. The SMILES string of the molecule is Cc1cc(Cl)ccc1Nc1ccc([N+](=O)[O-])c(I)c1. The average molecular weight is 389 g/mol. The maximum atomic E-state index is 10.7. The lowest BCUT2D eigenvalue weighted by Crippen LogP contribution is -1.96. The highest BCUT2D eigenvalue weighted by Crippen LogP contribution is 2.28. The highest BCUT2D eigenvalue weighted by Gasteiger charge is 2.11. The van der Waals surface area contributed by atoms with Gasteiger partial charge in [-0.25, -0.2) is 0 Å². The summed E-state index contributed by atoms with van der Waals surface area (Å²) < 4.78 is 0.596. The molecule has 19 heavy (non-hydrogen) atoms. The van der Waals surface area contributed by atoms with Crippen molar-refractivity contribution in [3.05, 3.63) is 60.7 Å². The minimum atomic E-state index is -0.390. The maximum Gasteiger partial charge on any atom is 0.282 e. The Morgan fingerprint density at radius 1 is 1.26 bits per heavy atom. The van der Waals surface area contributed by atoms with Crippen molar-refractivity contribution in [1.82, 2.24) is 0 Å². The Balaban J connectivity index is 2.29. The van der Waals surface area contributed by atoms with E-state index in [1.165, 1.54) is 6.07 Å². The molecule has 0 radical (unpaired) electrons. The van der Waals surface area contributed by atoms with Crippen LogP contribution in [0.15, 0.2) is 36.4 Å². The number of hydrogen-bond donors (Lipinski definition) is 1. The molecule has 0 aliphatic carbocycles. The average Bonchev–Trinajstić information content (AvgIpc) is 2.32. The molecule has 0 aliphatic heterocycles. The molecule has 0 aliphatic rings. The molecule has 1 N–H and O–H groups in total. The summed E-state index contributed by atoms with van der Waals surface area (Å²) in [6.45, 7) is 1.95. The van der Waals surface area contributed by atoms with Gasteiger partial charge in [-0.1, -0.05) is 11.6 Å². The number of nitro groups is 1. The monoisotopic (exact) mass is 388 g/mol. The van der Waals surface area contributed by atoms with Gasteiger partial charge in [-0.15, -0.1) is 0 Å². The first-order valence-corrected chi connectivity index (χ1v) is 6.90. The Morgan fingerprint density at radius 2 is 2.00 bits per heavy atom. The van der Waals surface area contributed by atoms with Gasteiger partial charge in [-0.05, 0) is 65.4 Å². The summed E-state index contributed by atoms with van der Waals surface area (Å²) in [7, 11) is 0. The van der Waals surface area contributed by atoms with Gasteiger partial charge in [0.2, 0.25) is 0 Å². The molecular formula is C13H10ClIN2O2. The van der Waals surface area contributed by atoms with E-state index in [-0.39, 0.29) is 10.6 Å². The van der Waals surface area contributed by atoms with Crippen LogP contribution in [0.3, 0.4) is 0 Å². The van der Waals surface area contributed by atoms with Crippen LogP contribution in [0, 0.1) is 20.6 Å². The van der Waals surface area contributed by atoms with Crippen LogP contribution in [0.5, 0.6) is 0 Å². The number of rotatable bonds is 3.